The number of hydrogen-bond acceptors (Lipinski definition) is 5. The van der Waals surface area contributed by atoms with E-state index in [2.05, 4.69) is 11.0 Å². The molecule has 0 radical (unpaired) electrons. The fourth-order valence-corrected chi connectivity index (χ4v) is 5.67. The van der Waals surface area contributed by atoms with Crippen molar-refractivity contribution in [2.24, 2.45) is 0 Å². The maximum Gasteiger partial charge on any atom is 0.326 e. The van der Waals surface area contributed by atoms with E-state index in [9.17, 15) is 14.7 Å². The van der Waals surface area contributed by atoms with Gasteiger partial charge in [0, 0.05) is 35.8 Å². The molecule has 1 fully saturated rings. The van der Waals surface area contributed by atoms with E-state index in [1.165, 1.54) is 4.90 Å². The predicted molar refractivity (Wildman–Crippen MR) is 154 cm³/mol. The number of piperidine rings is 1. The second-order valence-corrected chi connectivity index (χ2v) is 10.5. The van der Waals surface area contributed by atoms with Crippen LogP contribution in [-0.4, -0.2) is 54.7 Å². The standard InChI is InChI=1S/C32H33ClN2O4/c1-2-39-30(36)22-35-29-12-6-5-9-27(29)25(26-8-3-4-10-28(26)31(35)37)11-7-19-34-20-17-32(38,18-21-34)23-13-15-24(33)16-14-23/h3-6,8-16,38H,2,7,17-22H2,1H3. The first kappa shape index (κ1) is 27.1. The lowest BCUT2D eigenvalue weighted by Crippen LogP contribution is -2.42. The minimum atomic E-state index is -0.832. The zero-order chi connectivity index (χ0) is 27.4. The third-order valence-corrected chi connectivity index (χ3v) is 7.88. The van der Waals surface area contributed by atoms with Gasteiger partial charge in [0.25, 0.3) is 5.91 Å². The van der Waals surface area contributed by atoms with Crippen LogP contribution in [0.1, 0.15) is 53.2 Å². The van der Waals surface area contributed by atoms with Crippen LogP contribution in [0.2, 0.25) is 5.02 Å². The predicted octanol–water partition coefficient (Wildman–Crippen LogP) is 5.67. The van der Waals surface area contributed by atoms with Gasteiger partial charge in [0.05, 0.1) is 17.9 Å². The van der Waals surface area contributed by atoms with Crippen LogP contribution in [0.15, 0.2) is 78.9 Å². The monoisotopic (exact) mass is 544 g/mol. The topological polar surface area (TPSA) is 70.1 Å². The van der Waals surface area contributed by atoms with Gasteiger partial charge in [-0.25, -0.2) is 0 Å². The lowest BCUT2D eigenvalue weighted by Gasteiger charge is -2.38. The molecule has 2 heterocycles. The highest BCUT2D eigenvalue weighted by Crippen LogP contribution is 2.38. The molecule has 2 aliphatic rings. The lowest BCUT2D eigenvalue weighted by atomic mass is 9.84. The highest BCUT2D eigenvalue weighted by molar-refractivity contribution is 6.30. The smallest absolute Gasteiger partial charge is 0.326 e. The molecule has 2 aliphatic heterocycles. The van der Waals surface area contributed by atoms with Crippen molar-refractivity contribution in [2.75, 3.05) is 37.7 Å². The Bertz CT molecular complexity index is 1380. The number of nitrogens with zero attached hydrogens (tertiary/aromatic N) is 2. The summed E-state index contributed by atoms with van der Waals surface area (Å²) in [6, 6.07) is 22.8. The highest BCUT2D eigenvalue weighted by Gasteiger charge is 2.34. The van der Waals surface area contributed by atoms with Crippen molar-refractivity contribution in [2.45, 2.75) is 31.8 Å². The van der Waals surface area contributed by atoms with Gasteiger partial charge in [-0.2, -0.15) is 0 Å². The molecule has 1 amide bonds. The van der Waals surface area contributed by atoms with Crippen LogP contribution in [0, 0.1) is 0 Å². The average molecular weight is 545 g/mol. The van der Waals surface area contributed by atoms with E-state index in [1.54, 1.807) is 6.92 Å². The molecule has 39 heavy (non-hydrogen) atoms. The van der Waals surface area contributed by atoms with Gasteiger partial charge in [0.1, 0.15) is 6.54 Å². The third-order valence-electron chi connectivity index (χ3n) is 7.63. The molecule has 3 aromatic carbocycles. The first-order chi connectivity index (χ1) is 18.9. The van der Waals surface area contributed by atoms with E-state index in [0.717, 1.165) is 48.3 Å². The van der Waals surface area contributed by atoms with Gasteiger partial charge in [0.15, 0.2) is 0 Å². The summed E-state index contributed by atoms with van der Waals surface area (Å²) >= 11 is 6.03. The first-order valence-electron chi connectivity index (χ1n) is 13.5. The number of fused-ring (bicyclic) bond motifs is 2. The summed E-state index contributed by atoms with van der Waals surface area (Å²) in [4.78, 5) is 30.0. The quantitative estimate of drug-likeness (QED) is 0.388. The van der Waals surface area contributed by atoms with Crippen LogP contribution in [0.25, 0.3) is 5.57 Å². The number of carbonyl (C=O) groups excluding carboxylic acids is 2. The largest absolute Gasteiger partial charge is 0.465 e. The zero-order valence-electron chi connectivity index (χ0n) is 22.1. The van der Waals surface area contributed by atoms with Crippen LogP contribution < -0.4 is 4.90 Å². The van der Waals surface area contributed by atoms with E-state index in [-0.39, 0.29) is 19.1 Å². The Morgan fingerprint density at radius 2 is 1.62 bits per heavy atom. The van der Waals surface area contributed by atoms with Gasteiger partial charge in [-0.05, 0) is 67.2 Å². The summed E-state index contributed by atoms with van der Waals surface area (Å²) in [6.45, 7) is 4.30. The van der Waals surface area contributed by atoms with Crippen LogP contribution in [0.4, 0.5) is 5.69 Å². The molecule has 0 unspecified atom stereocenters. The average Bonchev–Trinajstić information content (AvgIpc) is 3.04. The Morgan fingerprint density at radius 3 is 2.31 bits per heavy atom. The molecule has 0 atom stereocenters. The van der Waals surface area contributed by atoms with Crippen molar-refractivity contribution in [3.05, 3.63) is 106 Å². The number of carbonyl (C=O) groups is 2. The minimum absolute atomic E-state index is 0.143. The molecule has 5 rings (SSSR count). The highest BCUT2D eigenvalue weighted by atomic mass is 35.5. The van der Waals surface area contributed by atoms with Crippen molar-refractivity contribution in [3.8, 4) is 0 Å². The molecule has 1 N–H and O–H groups in total. The van der Waals surface area contributed by atoms with E-state index in [0.29, 0.717) is 29.1 Å². The molecule has 7 heteroatoms. The molecule has 1 saturated heterocycles. The molecule has 0 aliphatic carbocycles. The van der Waals surface area contributed by atoms with E-state index < -0.39 is 11.6 Å². The van der Waals surface area contributed by atoms with Crippen LogP contribution in [0.3, 0.4) is 0 Å². The number of benzene rings is 3. The first-order valence-corrected chi connectivity index (χ1v) is 13.8. The molecular weight excluding hydrogens is 512 g/mol. The van der Waals surface area contributed by atoms with E-state index in [1.807, 2.05) is 72.8 Å². The summed E-state index contributed by atoms with van der Waals surface area (Å²) in [5.41, 5.74) is 4.10. The number of hydrogen-bond donors (Lipinski definition) is 1. The Labute approximate surface area is 234 Å². The molecule has 0 aromatic heterocycles. The maximum absolute atomic E-state index is 13.7. The van der Waals surface area contributed by atoms with Crippen molar-refractivity contribution in [1.82, 2.24) is 4.90 Å². The van der Waals surface area contributed by atoms with Gasteiger partial charge in [-0.1, -0.05) is 66.2 Å². The Hall–Kier alpha value is -3.45. The Kier molecular flexibility index (Phi) is 8.17. The van der Waals surface area contributed by atoms with Gasteiger partial charge in [-0.3, -0.25) is 14.5 Å². The SMILES string of the molecule is CCOC(=O)CN1C(=O)c2ccccc2C(=CCCN2CCC(O)(c3ccc(Cl)cc3)CC2)c2ccccc21. The summed E-state index contributed by atoms with van der Waals surface area (Å²) in [5, 5.41) is 11.9. The molecular formula is C32H33ClN2O4. The number of amides is 1. The number of halogens is 1. The number of anilines is 1. The number of rotatable bonds is 7. The number of esters is 1. The van der Waals surface area contributed by atoms with Gasteiger partial charge in [0.2, 0.25) is 0 Å². The lowest BCUT2D eigenvalue weighted by molar-refractivity contribution is -0.141. The molecule has 3 aromatic rings. The summed E-state index contributed by atoms with van der Waals surface area (Å²) in [7, 11) is 0. The summed E-state index contributed by atoms with van der Waals surface area (Å²) in [6.07, 6.45) is 4.30. The Balaban J connectivity index is 1.36. The second kappa shape index (κ2) is 11.7. The number of likely N-dealkylation sites (tertiary alicyclic amines) is 1. The maximum atomic E-state index is 13.7. The number of aliphatic hydroxyl groups is 1. The van der Waals surface area contributed by atoms with Gasteiger partial charge >= 0.3 is 5.97 Å². The molecule has 0 bridgehead atoms. The summed E-state index contributed by atoms with van der Waals surface area (Å²) < 4.78 is 5.17. The number of ether oxygens (including phenoxy) is 1. The Morgan fingerprint density at radius 1 is 0.974 bits per heavy atom. The van der Waals surface area contributed by atoms with Crippen molar-refractivity contribution in [1.29, 1.82) is 0 Å². The van der Waals surface area contributed by atoms with Crippen molar-refractivity contribution < 1.29 is 19.4 Å². The van der Waals surface area contributed by atoms with E-state index in [4.69, 9.17) is 16.3 Å². The zero-order valence-corrected chi connectivity index (χ0v) is 22.9. The van der Waals surface area contributed by atoms with Crippen molar-refractivity contribution >= 4 is 34.7 Å². The molecule has 0 saturated carbocycles. The molecule has 202 valence electrons. The van der Waals surface area contributed by atoms with Crippen molar-refractivity contribution in [3.63, 3.8) is 0 Å². The third kappa shape index (κ3) is 5.78. The minimum Gasteiger partial charge on any atom is -0.465 e. The number of para-hydroxylation sites is 1. The van der Waals surface area contributed by atoms with E-state index >= 15 is 0 Å². The fraction of sp³-hybridized carbons (Fsp3) is 0.312. The van der Waals surface area contributed by atoms with Crippen LogP contribution in [0.5, 0.6) is 0 Å². The van der Waals surface area contributed by atoms with Crippen LogP contribution >= 0.6 is 11.6 Å². The van der Waals surface area contributed by atoms with Gasteiger partial charge in [-0.15, -0.1) is 0 Å². The normalized spacial score (nSPS) is 17.9. The summed E-state index contributed by atoms with van der Waals surface area (Å²) in [5.74, 6) is -0.652. The van der Waals surface area contributed by atoms with Crippen LogP contribution in [-0.2, 0) is 15.1 Å². The fourth-order valence-electron chi connectivity index (χ4n) is 5.54. The van der Waals surface area contributed by atoms with Gasteiger partial charge < -0.3 is 14.7 Å². The molecule has 0 spiro atoms. The second-order valence-electron chi connectivity index (χ2n) is 10.0. The molecule has 6 nitrogen and oxygen atoms in total.